The number of hydrogen-bond acceptors (Lipinski definition) is 2. The smallest absolute Gasteiger partial charge is 0.207 e. The number of nitrogens with zero attached hydrogens (tertiary/aromatic N) is 1. The number of hydrogen-bond donors (Lipinski definition) is 0. The highest BCUT2D eigenvalue weighted by Gasteiger charge is 2.27. The molecule has 1 atom stereocenters. The Labute approximate surface area is 130 Å². The number of halogens is 3. The summed E-state index contributed by atoms with van der Waals surface area (Å²) in [6, 6.07) is 3.12. The van der Waals surface area contributed by atoms with Crippen LogP contribution in [0.25, 0.3) is 0 Å². The van der Waals surface area contributed by atoms with Crippen LogP contribution in [-0.2, 0) is 10.0 Å². The Morgan fingerprint density at radius 1 is 1.33 bits per heavy atom. The lowest BCUT2D eigenvalue weighted by Gasteiger charge is -2.23. The Bertz CT molecular complexity index is 548. The summed E-state index contributed by atoms with van der Waals surface area (Å²) in [5.41, 5.74) is 0.967. The summed E-state index contributed by atoms with van der Waals surface area (Å²) >= 11 is 12.4. The molecule has 0 aliphatic rings. The van der Waals surface area contributed by atoms with Gasteiger partial charge in [-0.1, -0.05) is 15.9 Å². The lowest BCUT2D eigenvalue weighted by atomic mass is 10.2. The maximum atomic E-state index is 12.4. The van der Waals surface area contributed by atoms with Crippen LogP contribution in [0.2, 0.25) is 0 Å². The van der Waals surface area contributed by atoms with E-state index in [4.69, 9.17) is 11.6 Å². The first-order chi connectivity index (χ1) is 8.21. The van der Waals surface area contributed by atoms with Gasteiger partial charge in [0, 0.05) is 27.9 Å². The van der Waals surface area contributed by atoms with Crippen LogP contribution in [0, 0.1) is 6.92 Å². The van der Waals surface area contributed by atoms with Crippen molar-refractivity contribution in [3.63, 3.8) is 0 Å². The molecule has 0 heterocycles. The van der Waals surface area contributed by atoms with Crippen molar-refractivity contribution in [3.05, 3.63) is 26.6 Å². The van der Waals surface area contributed by atoms with E-state index in [0.717, 1.165) is 10.0 Å². The minimum Gasteiger partial charge on any atom is -0.207 e. The molecule has 0 amide bonds. The molecule has 0 saturated carbocycles. The van der Waals surface area contributed by atoms with Crippen LogP contribution >= 0.6 is 43.5 Å². The van der Waals surface area contributed by atoms with E-state index in [1.165, 1.54) is 11.4 Å². The number of aryl methyl sites for hydroxylation is 1. The molecule has 0 bridgehead atoms. The molecule has 0 fully saturated rings. The van der Waals surface area contributed by atoms with Gasteiger partial charge in [-0.2, -0.15) is 4.31 Å². The standard InChI is InChI=1S/C11H14Br2ClNO2S/c1-7-4-10(13)11(5-9(7)12)18(16,17)15(3)8(2)6-14/h4-5,8H,6H2,1-3H3. The van der Waals surface area contributed by atoms with Gasteiger partial charge in [0.15, 0.2) is 0 Å². The van der Waals surface area contributed by atoms with Crippen LogP contribution in [0.4, 0.5) is 0 Å². The second-order valence-electron chi connectivity index (χ2n) is 4.06. The summed E-state index contributed by atoms with van der Waals surface area (Å²) in [5.74, 6) is 0.250. The van der Waals surface area contributed by atoms with Gasteiger partial charge in [0.25, 0.3) is 0 Å². The zero-order valence-corrected chi connectivity index (χ0v) is 15.0. The fourth-order valence-corrected chi connectivity index (χ4v) is 4.60. The zero-order valence-electron chi connectivity index (χ0n) is 10.2. The van der Waals surface area contributed by atoms with Crippen molar-refractivity contribution >= 4 is 53.5 Å². The topological polar surface area (TPSA) is 37.4 Å². The lowest BCUT2D eigenvalue weighted by Crippen LogP contribution is -2.36. The predicted molar refractivity (Wildman–Crippen MR) is 81.7 cm³/mol. The molecule has 1 aromatic rings. The van der Waals surface area contributed by atoms with Crippen molar-refractivity contribution in [1.29, 1.82) is 0 Å². The summed E-state index contributed by atoms with van der Waals surface area (Å²) in [6.07, 6.45) is 0. The average Bonchev–Trinajstić information content (AvgIpc) is 2.31. The molecule has 0 aliphatic carbocycles. The fraction of sp³-hybridized carbons (Fsp3) is 0.455. The maximum Gasteiger partial charge on any atom is 0.244 e. The fourth-order valence-electron chi connectivity index (χ4n) is 1.31. The first kappa shape index (κ1) is 16.4. The quantitative estimate of drug-likeness (QED) is 0.697. The third-order valence-corrected chi connectivity index (χ3v) is 6.95. The Morgan fingerprint density at radius 2 is 1.89 bits per heavy atom. The summed E-state index contributed by atoms with van der Waals surface area (Å²) in [4.78, 5) is 0.236. The molecule has 1 unspecified atom stereocenters. The van der Waals surface area contributed by atoms with Gasteiger partial charge in [-0.25, -0.2) is 8.42 Å². The van der Waals surface area contributed by atoms with Gasteiger partial charge < -0.3 is 0 Å². The van der Waals surface area contributed by atoms with Gasteiger partial charge in [0.1, 0.15) is 0 Å². The van der Waals surface area contributed by atoms with E-state index in [1.807, 2.05) is 6.92 Å². The first-order valence-corrected chi connectivity index (χ1v) is 8.77. The summed E-state index contributed by atoms with van der Waals surface area (Å²) in [6.45, 7) is 3.66. The molecule has 0 radical (unpaired) electrons. The summed E-state index contributed by atoms with van der Waals surface area (Å²) in [5, 5.41) is 0. The van der Waals surface area contributed by atoms with E-state index in [0.29, 0.717) is 4.47 Å². The van der Waals surface area contributed by atoms with E-state index in [2.05, 4.69) is 31.9 Å². The van der Waals surface area contributed by atoms with Crippen LogP contribution in [0.1, 0.15) is 12.5 Å². The maximum absolute atomic E-state index is 12.4. The molecule has 0 saturated heterocycles. The zero-order chi connectivity index (χ0) is 14.1. The van der Waals surface area contributed by atoms with E-state index < -0.39 is 10.0 Å². The minimum atomic E-state index is -3.55. The van der Waals surface area contributed by atoms with E-state index in [-0.39, 0.29) is 16.8 Å². The van der Waals surface area contributed by atoms with Gasteiger partial charge in [-0.05, 0) is 47.5 Å². The second-order valence-corrected chi connectivity index (χ2v) is 8.04. The van der Waals surface area contributed by atoms with Crippen molar-refractivity contribution < 1.29 is 8.42 Å². The highest BCUT2D eigenvalue weighted by molar-refractivity contribution is 9.11. The Balaban J connectivity index is 3.33. The minimum absolute atomic E-state index is 0.236. The average molecular weight is 420 g/mol. The van der Waals surface area contributed by atoms with Gasteiger partial charge in [0.05, 0.1) is 4.90 Å². The Morgan fingerprint density at radius 3 is 2.39 bits per heavy atom. The molecule has 3 nitrogen and oxygen atoms in total. The molecular weight excluding hydrogens is 405 g/mol. The van der Waals surface area contributed by atoms with Crippen LogP contribution < -0.4 is 0 Å². The van der Waals surface area contributed by atoms with E-state index in [1.54, 1.807) is 19.1 Å². The van der Waals surface area contributed by atoms with Crippen LogP contribution in [0.3, 0.4) is 0 Å². The van der Waals surface area contributed by atoms with E-state index >= 15 is 0 Å². The SMILES string of the molecule is Cc1cc(Br)c(S(=O)(=O)N(C)C(C)CCl)cc1Br. The van der Waals surface area contributed by atoms with Gasteiger partial charge in [-0.15, -0.1) is 11.6 Å². The van der Waals surface area contributed by atoms with Crippen molar-refractivity contribution in [2.45, 2.75) is 24.8 Å². The lowest BCUT2D eigenvalue weighted by molar-refractivity contribution is 0.413. The van der Waals surface area contributed by atoms with Crippen molar-refractivity contribution in [3.8, 4) is 0 Å². The molecule has 0 aromatic heterocycles. The number of alkyl halides is 1. The molecule has 102 valence electrons. The molecule has 1 rings (SSSR count). The third-order valence-electron chi connectivity index (χ3n) is 2.71. The molecule has 1 aromatic carbocycles. The van der Waals surface area contributed by atoms with Gasteiger partial charge >= 0.3 is 0 Å². The number of rotatable bonds is 4. The molecule has 0 N–H and O–H groups in total. The largest absolute Gasteiger partial charge is 0.244 e. The Hall–Kier alpha value is 0.380. The highest BCUT2D eigenvalue weighted by Crippen LogP contribution is 2.31. The van der Waals surface area contributed by atoms with E-state index in [9.17, 15) is 8.42 Å². The summed E-state index contributed by atoms with van der Waals surface area (Å²) in [7, 11) is -2.02. The molecule has 7 heteroatoms. The third kappa shape index (κ3) is 3.28. The molecule has 0 aliphatic heterocycles. The monoisotopic (exact) mass is 417 g/mol. The van der Waals surface area contributed by atoms with Crippen LogP contribution in [-0.4, -0.2) is 31.7 Å². The molecule has 18 heavy (non-hydrogen) atoms. The predicted octanol–water partition coefficient (Wildman–Crippen LogP) is 3.77. The second kappa shape index (κ2) is 6.22. The summed E-state index contributed by atoms with van der Waals surface area (Å²) < 4.78 is 27.5. The van der Waals surface area contributed by atoms with Gasteiger partial charge in [-0.3, -0.25) is 0 Å². The Kier molecular flexibility index (Phi) is 5.68. The highest BCUT2D eigenvalue weighted by atomic mass is 79.9. The number of benzene rings is 1. The van der Waals surface area contributed by atoms with Crippen molar-refractivity contribution in [1.82, 2.24) is 4.31 Å². The van der Waals surface area contributed by atoms with Crippen molar-refractivity contribution in [2.75, 3.05) is 12.9 Å². The first-order valence-electron chi connectivity index (χ1n) is 5.21. The number of sulfonamides is 1. The van der Waals surface area contributed by atoms with Crippen molar-refractivity contribution in [2.24, 2.45) is 0 Å². The van der Waals surface area contributed by atoms with Crippen LogP contribution in [0.5, 0.6) is 0 Å². The molecular formula is C11H14Br2ClNO2S. The van der Waals surface area contributed by atoms with Crippen LogP contribution in [0.15, 0.2) is 26.0 Å². The normalized spacial score (nSPS) is 13.9. The van der Waals surface area contributed by atoms with Gasteiger partial charge in [0.2, 0.25) is 10.0 Å². The molecule has 0 spiro atoms.